The number of nitrogens with one attached hydrogen (secondary N) is 2. The molecule has 0 saturated carbocycles. The minimum absolute atomic E-state index is 0.173. The Morgan fingerprint density at radius 1 is 1.41 bits per heavy atom. The Kier molecular flexibility index (Phi) is 3.72. The Balaban J connectivity index is 2.06. The van der Waals surface area contributed by atoms with E-state index < -0.39 is 35.3 Å². The van der Waals surface area contributed by atoms with Gasteiger partial charge >= 0.3 is 5.69 Å². The summed E-state index contributed by atoms with van der Waals surface area (Å²) in [6, 6.07) is -0.173. The zero-order chi connectivity index (χ0) is 16.1. The van der Waals surface area contributed by atoms with Crippen LogP contribution >= 0.6 is 0 Å². The van der Waals surface area contributed by atoms with Crippen LogP contribution < -0.4 is 16.7 Å². The number of hydroxylamine groups is 1. The van der Waals surface area contributed by atoms with Gasteiger partial charge in [0.15, 0.2) is 12.3 Å². The zero-order valence-electron chi connectivity index (χ0n) is 12.8. The van der Waals surface area contributed by atoms with E-state index in [2.05, 4.69) is 10.5 Å². The molecule has 0 spiro atoms. The Labute approximate surface area is 127 Å². The van der Waals surface area contributed by atoms with Crippen molar-refractivity contribution in [2.75, 3.05) is 0 Å². The average Bonchev–Trinajstić information content (AvgIpc) is 2.68. The number of hydrogen-bond acceptors (Lipinski definition) is 6. The molecule has 1 aromatic rings. The van der Waals surface area contributed by atoms with Crippen LogP contribution in [-0.4, -0.2) is 38.5 Å². The summed E-state index contributed by atoms with van der Waals surface area (Å²) in [7, 11) is 0. The Morgan fingerprint density at radius 3 is 2.77 bits per heavy atom. The van der Waals surface area contributed by atoms with Gasteiger partial charge in [-0.05, 0) is 19.8 Å². The highest BCUT2D eigenvalue weighted by Gasteiger charge is 2.61. The fourth-order valence-corrected chi connectivity index (χ4v) is 3.42. The molecule has 2 fully saturated rings. The molecule has 0 radical (unpaired) electrons. The number of hydrogen-bond donors (Lipinski definition) is 3. The molecular weight excluding hydrogens is 290 g/mol. The van der Waals surface area contributed by atoms with Crippen LogP contribution in [0.2, 0.25) is 0 Å². The number of aliphatic hydroxyl groups excluding tert-OH is 1. The maximum atomic E-state index is 12.1. The molecule has 2 aliphatic heterocycles. The summed E-state index contributed by atoms with van der Waals surface area (Å²) in [4.78, 5) is 31.4. The summed E-state index contributed by atoms with van der Waals surface area (Å²) in [6.45, 7) is 5.51. The normalized spacial score (nSPS) is 37.5. The lowest BCUT2D eigenvalue weighted by Gasteiger charge is -2.41. The first kappa shape index (κ1) is 15.4. The van der Waals surface area contributed by atoms with E-state index in [9.17, 15) is 14.7 Å². The highest BCUT2D eigenvalue weighted by molar-refractivity contribution is 5.10. The van der Waals surface area contributed by atoms with E-state index in [4.69, 9.17) is 9.57 Å². The van der Waals surface area contributed by atoms with Crippen LogP contribution in [0.25, 0.3) is 0 Å². The molecule has 8 nitrogen and oxygen atoms in total. The second-order valence-electron chi connectivity index (χ2n) is 5.90. The molecule has 1 unspecified atom stereocenters. The Morgan fingerprint density at radius 2 is 2.14 bits per heavy atom. The van der Waals surface area contributed by atoms with Gasteiger partial charge in [0.2, 0.25) is 0 Å². The highest BCUT2D eigenvalue weighted by Crippen LogP contribution is 2.45. The SMILES string of the molecule is CC[C@H]1NOC2[C@H](n3cc(C)c(=O)[nH]c3=O)O[C@]1(CC)[C@@H]2O. The third kappa shape index (κ3) is 1.98. The molecule has 3 rings (SSSR count). The molecule has 122 valence electrons. The van der Waals surface area contributed by atoms with Gasteiger partial charge in [-0.3, -0.25) is 19.2 Å². The van der Waals surface area contributed by atoms with Gasteiger partial charge < -0.3 is 9.84 Å². The van der Waals surface area contributed by atoms with Crippen molar-refractivity contribution < 1.29 is 14.7 Å². The van der Waals surface area contributed by atoms with Gasteiger partial charge in [-0.2, -0.15) is 5.48 Å². The first-order valence-corrected chi connectivity index (χ1v) is 7.53. The largest absolute Gasteiger partial charge is 0.387 e. The second-order valence-corrected chi connectivity index (χ2v) is 5.90. The standard InChI is InChI=1S/C14H21N3O5/c1-4-8-14(5-2)10(18)9(22-16-8)12(21-14)17-6-7(3)11(19)15-13(17)20/h6,8-10,12,16,18H,4-5H2,1-3H3,(H,15,19,20)/t8-,9?,10-,12-,14+/m1/s1. The van der Waals surface area contributed by atoms with Crippen LogP contribution in [0.1, 0.15) is 38.5 Å². The highest BCUT2D eigenvalue weighted by atomic mass is 16.7. The first-order valence-electron chi connectivity index (χ1n) is 7.53. The van der Waals surface area contributed by atoms with Crippen molar-refractivity contribution in [3.8, 4) is 0 Å². The maximum Gasteiger partial charge on any atom is 0.330 e. The quantitative estimate of drug-likeness (QED) is 0.699. The molecular formula is C14H21N3O5. The first-order chi connectivity index (χ1) is 10.4. The predicted octanol–water partition coefficient (Wildman–Crippen LogP) is -0.434. The molecule has 0 aromatic carbocycles. The lowest BCUT2D eigenvalue weighted by molar-refractivity contribution is -0.176. The molecule has 2 aliphatic rings. The number of H-pyrrole nitrogens is 1. The van der Waals surface area contributed by atoms with Crippen molar-refractivity contribution in [1.29, 1.82) is 0 Å². The average molecular weight is 311 g/mol. The van der Waals surface area contributed by atoms with Crippen molar-refractivity contribution in [2.24, 2.45) is 0 Å². The Hall–Kier alpha value is -1.48. The van der Waals surface area contributed by atoms with E-state index in [0.29, 0.717) is 18.4 Å². The lowest BCUT2D eigenvalue weighted by Crippen LogP contribution is -2.62. The van der Waals surface area contributed by atoms with Crippen LogP contribution in [0.5, 0.6) is 0 Å². The smallest absolute Gasteiger partial charge is 0.330 e. The summed E-state index contributed by atoms with van der Waals surface area (Å²) >= 11 is 0. The van der Waals surface area contributed by atoms with Gasteiger partial charge in [-0.1, -0.05) is 13.8 Å². The molecule has 3 N–H and O–H groups in total. The number of aliphatic hydroxyl groups is 1. The van der Waals surface area contributed by atoms with Gasteiger partial charge in [0.05, 0.1) is 6.04 Å². The van der Waals surface area contributed by atoms with E-state index in [0.717, 1.165) is 0 Å². The van der Waals surface area contributed by atoms with Crippen molar-refractivity contribution in [1.82, 2.24) is 15.0 Å². The fourth-order valence-electron chi connectivity index (χ4n) is 3.42. The van der Waals surface area contributed by atoms with Crippen LogP contribution in [-0.2, 0) is 9.57 Å². The summed E-state index contributed by atoms with van der Waals surface area (Å²) in [5.41, 5.74) is 1.49. The van der Waals surface area contributed by atoms with E-state index in [1.54, 1.807) is 6.92 Å². The van der Waals surface area contributed by atoms with Crippen molar-refractivity contribution >= 4 is 0 Å². The van der Waals surface area contributed by atoms with Gasteiger partial charge in [-0.25, -0.2) is 4.79 Å². The van der Waals surface area contributed by atoms with Crippen molar-refractivity contribution in [2.45, 2.75) is 63.7 Å². The van der Waals surface area contributed by atoms with Gasteiger partial charge in [0.25, 0.3) is 5.56 Å². The van der Waals surface area contributed by atoms with Crippen LogP contribution in [0.3, 0.4) is 0 Å². The van der Waals surface area contributed by atoms with E-state index >= 15 is 0 Å². The third-order valence-corrected chi connectivity index (χ3v) is 4.75. The number of ether oxygens (including phenoxy) is 1. The van der Waals surface area contributed by atoms with E-state index in [-0.39, 0.29) is 6.04 Å². The van der Waals surface area contributed by atoms with Crippen molar-refractivity contribution in [3.05, 3.63) is 32.6 Å². The molecule has 5 atom stereocenters. The number of fused-ring (bicyclic) bond motifs is 2. The van der Waals surface area contributed by atoms with Crippen molar-refractivity contribution in [3.63, 3.8) is 0 Å². The zero-order valence-corrected chi connectivity index (χ0v) is 12.8. The summed E-state index contributed by atoms with van der Waals surface area (Å²) < 4.78 is 7.38. The number of rotatable bonds is 3. The molecule has 0 aliphatic carbocycles. The number of aromatic nitrogens is 2. The maximum absolute atomic E-state index is 12.1. The minimum Gasteiger partial charge on any atom is -0.387 e. The molecule has 3 heterocycles. The van der Waals surface area contributed by atoms with Gasteiger partial charge in [0, 0.05) is 11.8 Å². The molecule has 8 heteroatoms. The number of aromatic amines is 1. The molecule has 22 heavy (non-hydrogen) atoms. The summed E-state index contributed by atoms with van der Waals surface area (Å²) in [6.07, 6.45) is 0.366. The predicted molar refractivity (Wildman–Crippen MR) is 77.3 cm³/mol. The van der Waals surface area contributed by atoms with Crippen LogP contribution in [0.4, 0.5) is 0 Å². The third-order valence-electron chi connectivity index (χ3n) is 4.75. The van der Waals surface area contributed by atoms with Gasteiger partial charge in [-0.15, -0.1) is 0 Å². The lowest BCUT2D eigenvalue weighted by atomic mass is 9.83. The van der Waals surface area contributed by atoms with E-state index in [1.807, 2.05) is 13.8 Å². The number of nitrogens with zero attached hydrogens (tertiary/aromatic N) is 1. The van der Waals surface area contributed by atoms with Crippen LogP contribution in [0.15, 0.2) is 15.8 Å². The monoisotopic (exact) mass is 311 g/mol. The molecule has 0 amide bonds. The van der Waals surface area contributed by atoms with Gasteiger partial charge in [0.1, 0.15) is 11.7 Å². The molecule has 2 bridgehead atoms. The topological polar surface area (TPSA) is 106 Å². The Bertz CT molecular complexity index is 684. The summed E-state index contributed by atoms with van der Waals surface area (Å²) in [5, 5.41) is 10.6. The van der Waals surface area contributed by atoms with E-state index in [1.165, 1.54) is 10.8 Å². The molecule has 2 saturated heterocycles. The minimum atomic E-state index is -0.854. The van der Waals surface area contributed by atoms with Crippen LogP contribution in [0, 0.1) is 6.92 Å². The molecule has 1 aromatic heterocycles. The fraction of sp³-hybridized carbons (Fsp3) is 0.714. The second kappa shape index (κ2) is 5.31. The number of aryl methyl sites for hydroxylation is 1. The summed E-state index contributed by atoms with van der Waals surface area (Å²) in [5.74, 6) is 0.